The molecule has 106 valence electrons. The highest BCUT2D eigenvalue weighted by Gasteiger charge is 2.40. The van der Waals surface area contributed by atoms with Crippen LogP contribution in [0.2, 0.25) is 0 Å². The first kappa shape index (κ1) is 12.9. The van der Waals surface area contributed by atoms with Crippen LogP contribution in [0.1, 0.15) is 12.8 Å². The maximum absolute atomic E-state index is 12.1. The van der Waals surface area contributed by atoms with Crippen molar-refractivity contribution in [2.24, 2.45) is 5.92 Å². The largest absolute Gasteiger partial charge is 0.381 e. The maximum Gasteiger partial charge on any atom is 0.312 e. The number of carbonyl (C=O) groups is 2. The minimum Gasteiger partial charge on any atom is -0.381 e. The van der Waals surface area contributed by atoms with Crippen LogP contribution in [0, 0.1) is 5.92 Å². The molecule has 3 aliphatic rings. The van der Waals surface area contributed by atoms with Crippen molar-refractivity contribution in [3.63, 3.8) is 0 Å². The molecule has 0 spiro atoms. The number of hydrogen-bond acceptors (Lipinski definition) is 4. The monoisotopic (exact) mass is 267 g/mol. The smallest absolute Gasteiger partial charge is 0.312 e. The van der Waals surface area contributed by atoms with E-state index in [1.165, 1.54) is 0 Å². The molecule has 0 bridgehead atoms. The lowest BCUT2D eigenvalue weighted by Crippen LogP contribution is -2.66. The maximum atomic E-state index is 12.1. The van der Waals surface area contributed by atoms with Gasteiger partial charge in [0, 0.05) is 45.9 Å². The van der Waals surface area contributed by atoms with Gasteiger partial charge in [-0.2, -0.15) is 0 Å². The highest BCUT2D eigenvalue weighted by molar-refractivity contribution is 6.35. The van der Waals surface area contributed by atoms with Crippen molar-refractivity contribution < 1.29 is 14.3 Å². The average molecular weight is 267 g/mol. The molecule has 1 N–H and O–H groups in total. The number of hydrogen-bond donors (Lipinski definition) is 1. The van der Waals surface area contributed by atoms with Crippen molar-refractivity contribution in [2.45, 2.75) is 18.9 Å². The van der Waals surface area contributed by atoms with Crippen LogP contribution in [0.25, 0.3) is 0 Å². The summed E-state index contributed by atoms with van der Waals surface area (Å²) in [5.41, 5.74) is 0. The van der Waals surface area contributed by atoms with E-state index in [4.69, 9.17) is 4.74 Å². The Hall–Kier alpha value is -1.14. The van der Waals surface area contributed by atoms with E-state index in [9.17, 15) is 9.59 Å². The van der Waals surface area contributed by atoms with Crippen LogP contribution in [-0.2, 0) is 14.3 Å². The van der Waals surface area contributed by atoms with Crippen LogP contribution in [0.15, 0.2) is 0 Å². The summed E-state index contributed by atoms with van der Waals surface area (Å²) < 4.78 is 5.33. The Balaban J connectivity index is 1.64. The van der Waals surface area contributed by atoms with E-state index in [0.29, 0.717) is 25.6 Å². The Morgan fingerprint density at radius 2 is 2.00 bits per heavy atom. The predicted octanol–water partition coefficient (Wildman–Crippen LogP) is -0.944. The van der Waals surface area contributed by atoms with Crippen molar-refractivity contribution in [1.29, 1.82) is 0 Å². The average Bonchev–Trinajstić information content (AvgIpc) is 2.46. The third-order valence-corrected chi connectivity index (χ3v) is 4.33. The lowest BCUT2D eigenvalue weighted by Gasteiger charge is -2.44. The number of carbonyl (C=O) groups excluding carboxylic acids is 2. The van der Waals surface area contributed by atoms with Crippen LogP contribution in [0.4, 0.5) is 0 Å². The molecule has 3 saturated heterocycles. The Labute approximate surface area is 113 Å². The molecule has 0 aliphatic carbocycles. The first-order valence-corrected chi connectivity index (χ1v) is 7.14. The van der Waals surface area contributed by atoms with Gasteiger partial charge in [0.05, 0.1) is 6.04 Å². The van der Waals surface area contributed by atoms with Gasteiger partial charge in [0.15, 0.2) is 0 Å². The first-order valence-electron chi connectivity index (χ1n) is 7.14. The van der Waals surface area contributed by atoms with Gasteiger partial charge < -0.3 is 19.9 Å². The highest BCUT2D eigenvalue weighted by Crippen LogP contribution is 2.20. The van der Waals surface area contributed by atoms with Gasteiger partial charge in [-0.15, -0.1) is 0 Å². The summed E-state index contributed by atoms with van der Waals surface area (Å²) in [6.07, 6.45) is 1.98. The van der Waals surface area contributed by atoms with Gasteiger partial charge in [0.1, 0.15) is 0 Å². The molecule has 1 unspecified atom stereocenters. The van der Waals surface area contributed by atoms with Crippen molar-refractivity contribution in [1.82, 2.24) is 15.1 Å². The molecule has 0 aromatic rings. The molecule has 3 rings (SSSR count). The van der Waals surface area contributed by atoms with Gasteiger partial charge in [0.25, 0.3) is 0 Å². The van der Waals surface area contributed by atoms with Gasteiger partial charge >= 0.3 is 11.8 Å². The fraction of sp³-hybridized carbons (Fsp3) is 0.846. The van der Waals surface area contributed by atoms with Crippen molar-refractivity contribution in [3.8, 4) is 0 Å². The van der Waals surface area contributed by atoms with Crippen LogP contribution in [0.3, 0.4) is 0 Å². The molecular formula is C13H21N3O3. The Morgan fingerprint density at radius 3 is 2.79 bits per heavy atom. The third-order valence-electron chi connectivity index (χ3n) is 4.33. The number of nitrogens with one attached hydrogen (secondary N) is 1. The van der Waals surface area contributed by atoms with E-state index in [0.717, 1.165) is 39.1 Å². The van der Waals surface area contributed by atoms with Gasteiger partial charge in [0.2, 0.25) is 0 Å². The Morgan fingerprint density at radius 1 is 1.21 bits per heavy atom. The van der Waals surface area contributed by atoms with Crippen LogP contribution in [-0.4, -0.2) is 73.6 Å². The summed E-state index contributed by atoms with van der Waals surface area (Å²) in [6.45, 7) is 5.17. The van der Waals surface area contributed by atoms with Gasteiger partial charge in [-0.05, 0) is 18.8 Å². The predicted molar refractivity (Wildman–Crippen MR) is 68.5 cm³/mol. The van der Waals surface area contributed by atoms with Crippen LogP contribution in [0.5, 0.6) is 0 Å². The third kappa shape index (κ3) is 2.60. The zero-order valence-corrected chi connectivity index (χ0v) is 11.1. The molecule has 6 nitrogen and oxygen atoms in total. The van der Waals surface area contributed by atoms with Crippen molar-refractivity contribution >= 4 is 11.8 Å². The second kappa shape index (κ2) is 5.46. The summed E-state index contributed by atoms with van der Waals surface area (Å²) >= 11 is 0. The topological polar surface area (TPSA) is 61.9 Å². The summed E-state index contributed by atoms with van der Waals surface area (Å²) in [6, 6.07) is 0.152. The second-order valence-corrected chi connectivity index (χ2v) is 5.62. The Kier molecular flexibility index (Phi) is 3.70. The second-order valence-electron chi connectivity index (χ2n) is 5.62. The van der Waals surface area contributed by atoms with E-state index in [1.54, 1.807) is 9.80 Å². The number of fused-ring (bicyclic) bond motifs is 1. The number of rotatable bonds is 2. The standard InChI is InChI=1S/C13H21N3O3/c17-12-13(18)16-4-3-14-7-11(16)9-15(12)8-10-1-5-19-6-2-10/h10-11,14H,1-9H2. The zero-order chi connectivity index (χ0) is 13.2. The molecule has 0 aromatic carbocycles. The molecule has 0 saturated carbocycles. The van der Waals surface area contributed by atoms with Gasteiger partial charge in [-0.3, -0.25) is 9.59 Å². The molecular weight excluding hydrogens is 246 g/mol. The minimum atomic E-state index is -0.315. The molecule has 2 amide bonds. The van der Waals surface area contributed by atoms with Crippen molar-refractivity contribution in [3.05, 3.63) is 0 Å². The lowest BCUT2D eigenvalue weighted by atomic mass is 9.98. The molecule has 3 heterocycles. The van der Waals surface area contributed by atoms with E-state index in [-0.39, 0.29) is 17.9 Å². The molecule has 3 aliphatic heterocycles. The fourth-order valence-electron chi connectivity index (χ4n) is 3.18. The molecule has 6 heteroatoms. The quantitative estimate of drug-likeness (QED) is 0.656. The molecule has 19 heavy (non-hydrogen) atoms. The summed E-state index contributed by atoms with van der Waals surface area (Å²) in [7, 11) is 0. The number of ether oxygens (including phenoxy) is 1. The summed E-state index contributed by atoms with van der Waals surface area (Å²) in [5.74, 6) is -0.150. The number of amides is 2. The summed E-state index contributed by atoms with van der Waals surface area (Å²) in [4.78, 5) is 27.7. The lowest BCUT2D eigenvalue weighted by molar-refractivity contribution is -0.160. The highest BCUT2D eigenvalue weighted by atomic mass is 16.5. The molecule has 1 atom stereocenters. The fourth-order valence-corrected chi connectivity index (χ4v) is 3.18. The van der Waals surface area contributed by atoms with E-state index in [1.807, 2.05) is 0 Å². The van der Waals surface area contributed by atoms with Crippen molar-refractivity contribution in [2.75, 3.05) is 45.9 Å². The van der Waals surface area contributed by atoms with Crippen LogP contribution < -0.4 is 5.32 Å². The molecule has 0 radical (unpaired) electrons. The zero-order valence-electron chi connectivity index (χ0n) is 11.1. The van der Waals surface area contributed by atoms with E-state index < -0.39 is 0 Å². The summed E-state index contributed by atoms with van der Waals surface area (Å²) in [5, 5.41) is 3.29. The first-order chi connectivity index (χ1) is 9.25. The molecule has 3 fully saturated rings. The molecule has 0 aromatic heterocycles. The van der Waals surface area contributed by atoms with E-state index >= 15 is 0 Å². The number of nitrogens with zero attached hydrogens (tertiary/aromatic N) is 2. The van der Waals surface area contributed by atoms with Gasteiger partial charge in [-0.25, -0.2) is 0 Å². The minimum absolute atomic E-state index is 0.152. The van der Waals surface area contributed by atoms with Crippen LogP contribution >= 0.6 is 0 Å². The SMILES string of the molecule is O=C1C(=O)N2CCNCC2CN1CC1CCOCC1. The van der Waals surface area contributed by atoms with Gasteiger partial charge in [-0.1, -0.05) is 0 Å². The van der Waals surface area contributed by atoms with E-state index in [2.05, 4.69) is 5.32 Å². The normalized spacial score (nSPS) is 29.6. The Bertz CT molecular complexity index is 366. The number of piperazine rings is 2.